The SMILES string of the molecule is COc1cc(N2CCC(N3CCN(C(=O)CSc4ccc5c(c4)CN(C4CCC(=O)NC4=O)C5=O)CC3)CC2)ccc1Nc1ncc(Cl)c(Nc2ccccc2P(=O)(OC)OC)n1. The summed E-state index contributed by atoms with van der Waals surface area (Å²) in [7, 11) is 0.697. The number of thioether (sulfide) groups is 1. The number of imide groups is 1. The highest BCUT2D eigenvalue weighted by Gasteiger charge is 2.39. The lowest BCUT2D eigenvalue weighted by molar-refractivity contribution is -0.137. The van der Waals surface area contributed by atoms with Gasteiger partial charge < -0.3 is 39.1 Å². The summed E-state index contributed by atoms with van der Waals surface area (Å²) >= 11 is 7.94. The number of carbonyl (C=O) groups is 4. The summed E-state index contributed by atoms with van der Waals surface area (Å²) in [5.41, 5.74) is 3.56. The van der Waals surface area contributed by atoms with Gasteiger partial charge in [0.25, 0.3) is 5.91 Å². The van der Waals surface area contributed by atoms with Crippen LogP contribution in [0, 0.1) is 0 Å². The summed E-state index contributed by atoms with van der Waals surface area (Å²) in [4.78, 5) is 68.6. The van der Waals surface area contributed by atoms with Crippen LogP contribution in [-0.2, 0) is 34.5 Å². The van der Waals surface area contributed by atoms with Gasteiger partial charge >= 0.3 is 7.60 Å². The van der Waals surface area contributed by atoms with Crippen molar-refractivity contribution >= 4 is 88.7 Å². The van der Waals surface area contributed by atoms with E-state index in [0.717, 1.165) is 55.2 Å². The molecule has 1 unspecified atom stereocenters. The van der Waals surface area contributed by atoms with E-state index in [-0.39, 0.29) is 35.1 Å². The van der Waals surface area contributed by atoms with Gasteiger partial charge in [0.15, 0.2) is 5.82 Å². The summed E-state index contributed by atoms with van der Waals surface area (Å²) in [6.07, 6.45) is 3.99. The molecule has 0 saturated carbocycles. The van der Waals surface area contributed by atoms with Gasteiger partial charge in [0.1, 0.15) is 16.8 Å². The number of nitrogens with zero attached hydrogens (tertiary/aromatic N) is 6. The van der Waals surface area contributed by atoms with E-state index in [1.54, 1.807) is 37.4 Å². The average molecular weight is 918 g/mol. The number of fused-ring (bicyclic) bond motifs is 1. The minimum atomic E-state index is -3.57. The third kappa shape index (κ3) is 9.66. The number of piperazine rings is 1. The summed E-state index contributed by atoms with van der Waals surface area (Å²) in [6.45, 7) is 5.06. The fourth-order valence-corrected chi connectivity index (χ4v) is 10.8. The van der Waals surface area contributed by atoms with Crippen LogP contribution < -0.4 is 30.9 Å². The Kier molecular flexibility index (Phi) is 13.6. The Morgan fingerprint density at radius 3 is 2.41 bits per heavy atom. The molecule has 1 atom stereocenters. The van der Waals surface area contributed by atoms with Crippen molar-refractivity contribution in [1.82, 2.24) is 30.0 Å². The summed E-state index contributed by atoms with van der Waals surface area (Å²) in [5.74, 6) is 0.623. The zero-order valence-electron chi connectivity index (χ0n) is 35.2. The van der Waals surface area contributed by atoms with Gasteiger partial charge in [-0.1, -0.05) is 23.7 Å². The molecule has 63 heavy (non-hydrogen) atoms. The third-order valence-electron chi connectivity index (χ3n) is 12.0. The van der Waals surface area contributed by atoms with E-state index < -0.39 is 19.5 Å². The van der Waals surface area contributed by atoms with E-state index in [1.165, 1.54) is 37.1 Å². The van der Waals surface area contributed by atoms with E-state index in [4.69, 9.17) is 25.4 Å². The van der Waals surface area contributed by atoms with Gasteiger partial charge in [0, 0.05) is 94.7 Å². The second kappa shape index (κ2) is 19.3. The first-order chi connectivity index (χ1) is 30.5. The number of amides is 4. The minimum absolute atomic E-state index is 0.0894. The second-order valence-electron chi connectivity index (χ2n) is 15.5. The number of para-hydroxylation sites is 1. The number of anilines is 5. The summed E-state index contributed by atoms with van der Waals surface area (Å²) in [6, 6.07) is 18.2. The first-order valence-corrected chi connectivity index (χ1v) is 23.6. The molecule has 5 heterocycles. The van der Waals surface area contributed by atoms with Gasteiger partial charge in [0.2, 0.25) is 23.7 Å². The summed E-state index contributed by atoms with van der Waals surface area (Å²) in [5, 5.41) is 9.31. The van der Waals surface area contributed by atoms with Crippen molar-refractivity contribution in [2.45, 2.75) is 49.2 Å². The molecule has 3 saturated heterocycles. The highest BCUT2D eigenvalue weighted by atomic mass is 35.5. The first kappa shape index (κ1) is 44.4. The number of hydrogen-bond acceptors (Lipinski definition) is 15. The van der Waals surface area contributed by atoms with Gasteiger partial charge in [-0.3, -0.25) is 34.0 Å². The summed E-state index contributed by atoms with van der Waals surface area (Å²) < 4.78 is 29.4. The second-order valence-corrected chi connectivity index (χ2v) is 19.2. The maximum Gasteiger partial charge on any atom is 0.362 e. The van der Waals surface area contributed by atoms with Crippen LogP contribution in [0.1, 0.15) is 41.6 Å². The smallest absolute Gasteiger partial charge is 0.362 e. The van der Waals surface area contributed by atoms with Crippen LogP contribution in [0.4, 0.5) is 28.8 Å². The number of ether oxygens (including phenoxy) is 1. The number of methoxy groups -OCH3 is 1. The third-order valence-corrected chi connectivity index (χ3v) is 15.2. The van der Waals surface area contributed by atoms with Crippen molar-refractivity contribution in [2.75, 3.05) is 81.9 Å². The molecule has 0 bridgehead atoms. The number of aromatic nitrogens is 2. The lowest BCUT2D eigenvalue weighted by Crippen LogP contribution is -2.54. The van der Waals surface area contributed by atoms with Crippen LogP contribution in [0.5, 0.6) is 5.75 Å². The highest BCUT2D eigenvalue weighted by molar-refractivity contribution is 8.00. The molecule has 3 aromatic carbocycles. The van der Waals surface area contributed by atoms with Gasteiger partial charge in [-0.2, -0.15) is 4.98 Å². The topological polar surface area (TPSA) is 188 Å². The van der Waals surface area contributed by atoms with Crippen molar-refractivity contribution in [3.8, 4) is 5.75 Å². The maximum atomic E-state index is 13.3. The van der Waals surface area contributed by atoms with Crippen LogP contribution in [0.2, 0.25) is 5.02 Å². The number of hydrogen-bond donors (Lipinski definition) is 3. The van der Waals surface area contributed by atoms with E-state index in [1.807, 2.05) is 35.2 Å². The molecule has 0 radical (unpaired) electrons. The molecule has 0 aliphatic carbocycles. The quantitative estimate of drug-likeness (QED) is 0.0828. The fraction of sp³-hybridized carbons (Fsp3) is 0.395. The van der Waals surface area contributed by atoms with Crippen molar-refractivity contribution < 1.29 is 37.5 Å². The van der Waals surface area contributed by atoms with Gasteiger partial charge in [-0.25, -0.2) is 4.98 Å². The first-order valence-electron chi connectivity index (χ1n) is 20.7. The average Bonchev–Trinajstić information content (AvgIpc) is 3.63. The molecular weight excluding hydrogens is 869 g/mol. The van der Waals surface area contributed by atoms with Crippen LogP contribution in [0.15, 0.2) is 71.8 Å². The molecule has 4 aliphatic heterocycles. The Labute approximate surface area is 374 Å². The van der Waals surface area contributed by atoms with Crippen molar-refractivity contribution in [1.29, 1.82) is 0 Å². The highest BCUT2D eigenvalue weighted by Crippen LogP contribution is 2.47. The predicted octanol–water partition coefficient (Wildman–Crippen LogP) is 5.40. The molecule has 8 rings (SSSR count). The largest absolute Gasteiger partial charge is 0.494 e. The molecule has 1 aromatic heterocycles. The Balaban J connectivity index is 0.804. The number of benzene rings is 3. The van der Waals surface area contributed by atoms with Crippen LogP contribution in [-0.4, -0.2) is 127 Å². The van der Waals surface area contributed by atoms with Crippen molar-refractivity contribution in [3.63, 3.8) is 0 Å². The number of carbonyl (C=O) groups excluding carboxylic acids is 4. The van der Waals surface area contributed by atoms with E-state index in [9.17, 15) is 23.7 Å². The molecule has 4 aliphatic rings. The Morgan fingerprint density at radius 1 is 0.921 bits per heavy atom. The molecule has 332 valence electrons. The maximum absolute atomic E-state index is 13.3. The lowest BCUT2D eigenvalue weighted by Gasteiger charge is -2.43. The zero-order valence-corrected chi connectivity index (χ0v) is 37.6. The van der Waals surface area contributed by atoms with Crippen LogP contribution >= 0.6 is 31.0 Å². The molecular formula is C43H49ClN9O8PS. The molecule has 3 N–H and O–H groups in total. The van der Waals surface area contributed by atoms with E-state index >= 15 is 0 Å². The number of halogens is 1. The van der Waals surface area contributed by atoms with Gasteiger partial charge in [0.05, 0.1) is 35.7 Å². The number of rotatable bonds is 14. The van der Waals surface area contributed by atoms with Crippen LogP contribution in [0.3, 0.4) is 0 Å². The normalized spacial score (nSPS) is 18.6. The molecule has 0 spiro atoms. The molecule has 4 aromatic rings. The van der Waals surface area contributed by atoms with Crippen molar-refractivity contribution in [2.24, 2.45) is 0 Å². The lowest BCUT2D eigenvalue weighted by atomic mass is 10.0. The van der Waals surface area contributed by atoms with E-state index in [2.05, 4.69) is 35.7 Å². The van der Waals surface area contributed by atoms with Gasteiger partial charge in [-0.15, -0.1) is 11.8 Å². The molecule has 20 heteroatoms. The van der Waals surface area contributed by atoms with Crippen LogP contribution in [0.25, 0.3) is 0 Å². The molecule has 17 nitrogen and oxygen atoms in total. The zero-order chi connectivity index (χ0) is 44.3. The standard InChI is InChI=1S/C43H49ClN9O8PS/c1-59-36-23-29(8-11-33(36)47-43-45-24-32(44)40(49-43)46-34-6-4-5-7-37(34)62(58,60-2)61-3)50-16-14-28(15-17-50)51-18-20-52(21-19-51)39(55)26-63-30-9-10-31-27(22-30)25-53(42(31)57)35-12-13-38(54)48-41(35)56/h4-11,22-24,28,35H,12-21,25-26H2,1-3H3,(H,48,54,56)(H2,45,46,47,49). The monoisotopic (exact) mass is 917 g/mol. The van der Waals surface area contributed by atoms with E-state index in [0.29, 0.717) is 71.7 Å². The number of piperidine rings is 2. The number of nitrogens with one attached hydrogen (secondary N) is 3. The Morgan fingerprint density at radius 2 is 1.68 bits per heavy atom. The Bertz CT molecular complexity index is 2440. The van der Waals surface area contributed by atoms with Crippen molar-refractivity contribution in [3.05, 3.63) is 83.0 Å². The van der Waals surface area contributed by atoms with Gasteiger partial charge in [-0.05, 0) is 67.3 Å². The Hall–Kier alpha value is -5.23. The molecule has 3 fully saturated rings. The fourth-order valence-electron chi connectivity index (χ4n) is 8.53. The predicted molar refractivity (Wildman–Crippen MR) is 241 cm³/mol. The molecule has 4 amide bonds. The minimum Gasteiger partial charge on any atom is -0.494 e.